The molecule has 0 radical (unpaired) electrons. The molecule has 1 atom stereocenters. The average molecular weight is 304 g/mol. The van der Waals surface area contributed by atoms with Gasteiger partial charge < -0.3 is 15.4 Å². The number of piperidine rings is 1. The van der Waals surface area contributed by atoms with Crippen molar-refractivity contribution < 1.29 is 9.53 Å². The fraction of sp³-hybridized carbons (Fsp3) is 0.611. The molecule has 1 aliphatic heterocycles. The zero-order valence-corrected chi connectivity index (χ0v) is 13.7. The Kier molecular flexibility index (Phi) is 6.72. The Morgan fingerprint density at radius 1 is 1.45 bits per heavy atom. The van der Waals surface area contributed by atoms with Gasteiger partial charge in [0, 0.05) is 12.1 Å². The van der Waals surface area contributed by atoms with Crippen LogP contribution in [0.3, 0.4) is 0 Å². The first-order valence-electron chi connectivity index (χ1n) is 8.37. The molecule has 0 aromatic heterocycles. The van der Waals surface area contributed by atoms with Crippen LogP contribution >= 0.6 is 0 Å². The highest BCUT2D eigenvalue weighted by molar-refractivity contribution is 5.94. The van der Waals surface area contributed by atoms with Crippen LogP contribution in [0, 0.1) is 11.8 Å². The second kappa shape index (κ2) is 8.79. The Balaban J connectivity index is 1.79. The molecule has 1 aliphatic rings. The van der Waals surface area contributed by atoms with Gasteiger partial charge in [-0.05, 0) is 62.4 Å². The average Bonchev–Trinajstić information content (AvgIpc) is 2.54. The molecule has 0 aliphatic carbocycles. The maximum Gasteiger partial charge on any atom is 0.251 e. The van der Waals surface area contributed by atoms with Gasteiger partial charge in [0.05, 0.1) is 6.61 Å². The van der Waals surface area contributed by atoms with Crippen molar-refractivity contribution in [1.29, 1.82) is 0 Å². The lowest BCUT2D eigenvalue weighted by Crippen LogP contribution is -2.30. The predicted molar refractivity (Wildman–Crippen MR) is 89.3 cm³/mol. The summed E-state index contributed by atoms with van der Waals surface area (Å²) in [6.07, 6.45) is 3.61. The van der Waals surface area contributed by atoms with Crippen LogP contribution in [0.25, 0.3) is 0 Å². The van der Waals surface area contributed by atoms with Crippen molar-refractivity contribution in [3.63, 3.8) is 0 Å². The van der Waals surface area contributed by atoms with Crippen molar-refractivity contribution in [1.82, 2.24) is 10.6 Å². The summed E-state index contributed by atoms with van der Waals surface area (Å²) in [5, 5.41) is 6.35. The van der Waals surface area contributed by atoms with Crippen molar-refractivity contribution in [3.8, 4) is 5.75 Å². The molecular formula is C18H28N2O2. The lowest BCUT2D eigenvalue weighted by molar-refractivity contribution is 0.0948. The van der Waals surface area contributed by atoms with Gasteiger partial charge in [-0.2, -0.15) is 0 Å². The molecule has 122 valence electrons. The molecule has 1 aromatic carbocycles. The van der Waals surface area contributed by atoms with E-state index in [1.165, 1.54) is 12.8 Å². The lowest BCUT2D eigenvalue weighted by atomic mass is 9.97. The van der Waals surface area contributed by atoms with Crippen molar-refractivity contribution in [2.45, 2.75) is 33.1 Å². The number of hydrogen-bond donors (Lipinski definition) is 2. The van der Waals surface area contributed by atoms with E-state index in [4.69, 9.17) is 4.74 Å². The first kappa shape index (κ1) is 16.8. The number of ether oxygens (including phenoxy) is 1. The molecule has 1 unspecified atom stereocenters. The molecular weight excluding hydrogens is 276 g/mol. The van der Waals surface area contributed by atoms with E-state index in [-0.39, 0.29) is 5.91 Å². The van der Waals surface area contributed by atoms with Gasteiger partial charge in [-0.3, -0.25) is 4.79 Å². The monoisotopic (exact) mass is 304 g/mol. The third-order valence-corrected chi connectivity index (χ3v) is 3.96. The highest BCUT2D eigenvalue weighted by atomic mass is 16.5. The number of nitrogens with one attached hydrogen (secondary N) is 2. The van der Waals surface area contributed by atoms with Gasteiger partial charge in [0.15, 0.2) is 0 Å². The minimum atomic E-state index is -0.0318. The van der Waals surface area contributed by atoms with E-state index < -0.39 is 0 Å². The molecule has 2 rings (SSSR count). The van der Waals surface area contributed by atoms with E-state index >= 15 is 0 Å². The maximum atomic E-state index is 12.0. The van der Waals surface area contributed by atoms with Crippen LogP contribution in [0.5, 0.6) is 5.75 Å². The Hall–Kier alpha value is -1.55. The Bertz CT molecular complexity index is 468. The largest absolute Gasteiger partial charge is 0.494 e. The van der Waals surface area contributed by atoms with E-state index in [9.17, 15) is 4.79 Å². The van der Waals surface area contributed by atoms with Crippen molar-refractivity contribution in [2.24, 2.45) is 11.8 Å². The first-order valence-corrected chi connectivity index (χ1v) is 8.37. The maximum absolute atomic E-state index is 12.0. The summed E-state index contributed by atoms with van der Waals surface area (Å²) in [4.78, 5) is 12.0. The van der Waals surface area contributed by atoms with Crippen molar-refractivity contribution >= 4 is 5.91 Å². The predicted octanol–water partition coefficient (Wildman–Crippen LogP) is 2.84. The normalized spacial score (nSPS) is 18.2. The number of amides is 1. The zero-order chi connectivity index (χ0) is 15.8. The van der Waals surface area contributed by atoms with Gasteiger partial charge >= 0.3 is 0 Å². The van der Waals surface area contributed by atoms with Crippen LogP contribution in [0.2, 0.25) is 0 Å². The number of carbonyl (C=O) groups is 1. The number of hydrogen-bond acceptors (Lipinski definition) is 3. The van der Waals surface area contributed by atoms with E-state index in [0.29, 0.717) is 30.6 Å². The second-order valence-electron chi connectivity index (χ2n) is 6.48. The molecule has 1 fully saturated rings. The van der Waals surface area contributed by atoms with E-state index in [2.05, 4.69) is 24.5 Å². The second-order valence-corrected chi connectivity index (χ2v) is 6.48. The highest BCUT2D eigenvalue weighted by Gasteiger charge is 2.13. The van der Waals surface area contributed by atoms with Gasteiger partial charge in [-0.25, -0.2) is 0 Å². The van der Waals surface area contributed by atoms with Crippen LogP contribution in [0.15, 0.2) is 24.3 Å². The van der Waals surface area contributed by atoms with E-state index in [1.807, 2.05) is 24.3 Å². The van der Waals surface area contributed by atoms with Gasteiger partial charge in [0.1, 0.15) is 5.75 Å². The van der Waals surface area contributed by atoms with Crippen LogP contribution in [0.1, 0.15) is 43.5 Å². The molecule has 1 aromatic rings. The van der Waals surface area contributed by atoms with Gasteiger partial charge in [-0.1, -0.05) is 19.9 Å². The van der Waals surface area contributed by atoms with Crippen LogP contribution < -0.4 is 15.4 Å². The standard InChI is InChI=1S/C18H28N2O2/c1-14(2)12-20-18(21)16-6-3-7-17(11-16)22-10-8-15-5-4-9-19-13-15/h3,6-7,11,14-15,19H,4-5,8-10,12-13H2,1-2H3,(H,20,21). The molecule has 2 N–H and O–H groups in total. The summed E-state index contributed by atoms with van der Waals surface area (Å²) < 4.78 is 5.82. The summed E-state index contributed by atoms with van der Waals surface area (Å²) in [5.74, 6) is 1.91. The number of carbonyl (C=O) groups excluding carboxylic acids is 1. The first-order chi connectivity index (χ1) is 10.6. The molecule has 1 amide bonds. The third-order valence-electron chi connectivity index (χ3n) is 3.96. The van der Waals surface area contributed by atoms with Gasteiger partial charge in [0.25, 0.3) is 5.91 Å². The van der Waals surface area contributed by atoms with Crippen LogP contribution in [0.4, 0.5) is 0 Å². The van der Waals surface area contributed by atoms with E-state index in [0.717, 1.165) is 25.3 Å². The molecule has 1 heterocycles. The number of benzene rings is 1. The molecule has 0 spiro atoms. The van der Waals surface area contributed by atoms with Crippen molar-refractivity contribution in [3.05, 3.63) is 29.8 Å². The fourth-order valence-corrected chi connectivity index (χ4v) is 2.64. The van der Waals surface area contributed by atoms with E-state index in [1.54, 1.807) is 0 Å². The smallest absolute Gasteiger partial charge is 0.251 e. The van der Waals surface area contributed by atoms with Crippen molar-refractivity contribution in [2.75, 3.05) is 26.2 Å². The Labute approximate surface area is 133 Å². The minimum Gasteiger partial charge on any atom is -0.494 e. The summed E-state index contributed by atoms with van der Waals surface area (Å²) in [5.41, 5.74) is 0.664. The third kappa shape index (κ3) is 5.68. The Morgan fingerprint density at radius 3 is 3.05 bits per heavy atom. The van der Waals surface area contributed by atoms with Crippen LogP contribution in [-0.2, 0) is 0 Å². The van der Waals surface area contributed by atoms with Crippen LogP contribution in [-0.4, -0.2) is 32.1 Å². The molecule has 4 heteroatoms. The molecule has 22 heavy (non-hydrogen) atoms. The van der Waals surface area contributed by atoms with Gasteiger partial charge in [0.2, 0.25) is 0 Å². The summed E-state index contributed by atoms with van der Waals surface area (Å²) >= 11 is 0. The fourth-order valence-electron chi connectivity index (χ4n) is 2.64. The molecule has 1 saturated heterocycles. The summed E-state index contributed by atoms with van der Waals surface area (Å²) in [6.45, 7) is 7.81. The molecule has 4 nitrogen and oxygen atoms in total. The number of rotatable bonds is 7. The van der Waals surface area contributed by atoms with Gasteiger partial charge in [-0.15, -0.1) is 0 Å². The molecule has 0 bridgehead atoms. The summed E-state index contributed by atoms with van der Waals surface area (Å²) in [7, 11) is 0. The summed E-state index contributed by atoms with van der Waals surface area (Å²) in [6, 6.07) is 7.45. The highest BCUT2D eigenvalue weighted by Crippen LogP contribution is 2.17. The lowest BCUT2D eigenvalue weighted by Gasteiger charge is -2.22. The SMILES string of the molecule is CC(C)CNC(=O)c1cccc(OCCC2CCCNC2)c1. The minimum absolute atomic E-state index is 0.0318. The Morgan fingerprint density at radius 2 is 2.32 bits per heavy atom. The topological polar surface area (TPSA) is 50.4 Å². The molecule has 0 saturated carbocycles. The zero-order valence-electron chi connectivity index (χ0n) is 13.7. The quantitative estimate of drug-likeness (QED) is 0.814.